The molecule has 0 spiro atoms. The van der Waals surface area contributed by atoms with Crippen molar-refractivity contribution >= 4 is 71.2 Å². The van der Waals surface area contributed by atoms with Crippen LogP contribution in [-0.2, 0) is 0 Å². The molecule has 0 amide bonds. The third kappa shape index (κ3) is 51.3. The first-order valence-electron chi connectivity index (χ1n) is 0.612. The van der Waals surface area contributed by atoms with Gasteiger partial charge in [-0.1, -0.05) is 0 Å². The molecule has 0 aliphatic rings. The molecular weight excluding hydrogens is 307 g/mol. The maximum Gasteiger partial charge on any atom is 2.00 e. The van der Waals surface area contributed by atoms with E-state index in [1.165, 1.54) is 0 Å². The van der Waals surface area contributed by atoms with Crippen LogP contribution < -0.4 is 10.2 Å². The molecular formula is CCaO3Pb. The largest absolute Gasteiger partial charge is 2.00 e. The summed E-state index contributed by atoms with van der Waals surface area (Å²) < 4.78 is 0. The van der Waals surface area contributed by atoms with Gasteiger partial charge in [-0.05, 0) is 6.16 Å². The Balaban J connectivity index is -0.0000000450. The molecule has 0 aliphatic heterocycles. The first-order chi connectivity index (χ1) is 1.73. The molecule has 0 heterocycles. The van der Waals surface area contributed by atoms with Crippen LogP contribution in [0.4, 0.5) is 4.79 Å². The molecule has 0 aromatic heterocycles. The summed E-state index contributed by atoms with van der Waals surface area (Å²) in [5, 5.41) is 16.7. The van der Waals surface area contributed by atoms with Crippen LogP contribution >= 0.6 is 0 Å². The summed E-state index contributed by atoms with van der Waals surface area (Å²) in [5.74, 6) is 0. The topological polar surface area (TPSA) is 63.2 Å². The van der Waals surface area contributed by atoms with Crippen molar-refractivity contribution in [2.24, 2.45) is 0 Å². The molecule has 0 N–H and O–H groups in total. The van der Waals surface area contributed by atoms with Gasteiger partial charge in [0.15, 0.2) is 0 Å². The Bertz CT molecular complexity index is 33.8. The van der Waals surface area contributed by atoms with Gasteiger partial charge in [-0.2, -0.15) is 0 Å². The summed E-state index contributed by atoms with van der Waals surface area (Å²) in [7, 11) is 0. The van der Waals surface area contributed by atoms with Crippen LogP contribution in [0.25, 0.3) is 0 Å². The minimum absolute atomic E-state index is 0. The molecule has 0 saturated carbocycles. The summed E-state index contributed by atoms with van der Waals surface area (Å²) in [6, 6.07) is 0. The predicted octanol–water partition coefficient (Wildman–Crippen LogP) is -3.21. The van der Waals surface area contributed by atoms with Crippen LogP contribution in [-0.4, -0.2) is 71.2 Å². The van der Waals surface area contributed by atoms with Gasteiger partial charge in [0.2, 0.25) is 0 Å². The van der Waals surface area contributed by atoms with Gasteiger partial charge in [0.05, 0.1) is 0 Å². The van der Waals surface area contributed by atoms with E-state index in [4.69, 9.17) is 15.0 Å². The van der Waals surface area contributed by atoms with Crippen molar-refractivity contribution in [3.63, 3.8) is 0 Å². The monoisotopic (exact) mass is 308 g/mol. The van der Waals surface area contributed by atoms with Gasteiger partial charge in [0, 0.05) is 27.3 Å². The summed E-state index contributed by atoms with van der Waals surface area (Å²) >= 11 is 0. The Labute approximate surface area is 84.9 Å². The van der Waals surface area contributed by atoms with E-state index in [2.05, 4.69) is 0 Å². The molecule has 28 valence electrons. The molecule has 6 heavy (non-hydrogen) atoms. The third-order valence-corrected chi connectivity index (χ3v) is 0. The fourth-order valence-corrected chi connectivity index (χ4v) is 0. The number of carbonyl (C=O) groups excluding carboxylic acids is 1. The standard InChI is InChI=1S/CH2O3.Ca.Pb/c2-1(3)4;;/h(H2,2,3,4);;/q;+2;/p-2. The van der Waals surface area contributed by atoms with E-state index < -0.39 is 6.16 Å². The number of carbonyl (C=O) groups is 1. The second-order valence-corrected chi connectivity index (χ2v) is 0.250. The van der Waals surface area contributed by atoms with Crippen LogP contribution in [0.1, 0.15) is 0 Å². The molecule has 4 radical (unpaired) electrons. The first-order valence-corrected chi connectivity index (χ1v) is 0.612. The Morgan fingerprint density at radius 1 is 1.33 bits per heavy atom. The fourth-order valence-electron chi connectivity index (χ4n) is 0. The van der Waals surface area contributed by atoms with Crippen molar-refractivity contribution in [2.45, 2.75) is 0 Å². The third-order valence-electron chi connectivity index (χ3n) is 0. The molecule has 0 aromatic rings. The first kappa shape index (κ1) is 15.7. The number of carboxylic acid groups (broad SMARTS) is 2. The minimum Gasteiger partial charge on any atom is -0.652 e. The van der Waals surface area contributed by atoms with Crippen molar-refractivity contribution < 1.29 is 15.0 Å². The summed E-state index contributed by atoms with van der Waals surface area (Å²) in [5.41, 5.74) is 0. The van der Waals surface area contributed by atoms with Crippen molar-refractivity contribution in [2.75, 3.05) is 0 Å². The summed E-state index contributed by atoms with van der Waals surface area (Å²) in [6.07, 6.45) is -2.33. The van der Waals surface area contributed by atoms with Gasteiger partial charge in [-0.3, -0.25) is 0 Å². The molecule has 3 nitrogen and oxygen atoms in total. The minimum atomic E-state index is -2.33. The molecule has 0 atom stereocenters. The molecule has 0 rings (SSSR count). The Kier molecular flexibility index (Phi) is 25.2. The van der Waals surface area contributed by atoms with Crippen molar-refractivity contribution in [1.29, 1.82) is 0 Å². The van der Waals surface area contributed by atoms with Gasteiger partial charge in [0.25, 0.3) is 0 Å². The van der Waals surface area contributed by atoms with E-state index in [1.54, 1.807) is 0 Å². The van der Waals surface area contributed by atoms with Crippen molar-refractivity contribution in [3.8, 4) is 0 Å². The average molecular weight is 307 g/mol. The normalized spacial score (nSPS) is 4.00. The molecule has 0 unspecified atom stereocenters. The van der Waals surface area contributed by atoms with E-state index in [0.29, 0.717) is 0 Å². The molecule has 0 bridgehead atoms. The van der Waals surface area contributed by atoms with Gasteiger partial charge in [0.1, 0.15) is 0 Å². The molecule has 0 fully saturated rings. The summed E-state index contributed by atoms with van der Waals surface area (Å²) in [6.45, 7) is 0. The van der Waals surface area contributed by atoms with E-state index in [-0.39, 0.29) is 65.0 Å². The number of hydrogen-bond donors (Lipinski definition) is 0. The molecule has 0 saturated heterocycles. The zero-order valence-electron chi connectivity index (χ0n) is 2.93. The zero-order chi connectivity index (χ0) is 3.58. The Morgan fingerprint density at radius 2 is 1.33 bits per heavy atom. The average Bonchev–Trinajstić information content (AvgIpc) is 0.811. The Hall–Kier alpha value is 1.45. The van der Waals surface area contributed by atoms with E-state index in [0.717, 1.165) is 0 Å². The van der Waals surface area contributed by atoms with Crippen molar-refractivity contribution in [3.05, 3.63) is 0 Å². The van der Waals surface area contributed by atoms with Crippen molar-refractivity contribution in [1.82, 2.24) is 0 Å². The van der Waals surface area contributed by atoms with Crippen LogP contribution in [0.15, 0.2) is 0 Å². The molecule has 0 aliphatic carbocycles. The van der Waals surface area contributed by atoms with E-state index >= 15 is 0 Å². The number of hydrogen-bond acceptors (Lipinski definition) is 3. The number of rotatable bonds is 0. The quantitative estimate of drug-likeness (QED) is 0.443. The maximum absolute atomic E-state index is 8.33. The smallest absolute Gasteiger partial charge is 0.652 e. The van der Waals surface area contributed by atoms with E-state index in [1.807, 2.05) is 0 Å². The van der Waals surface area contributed by atoms with Gasteiger partial charge in [-0.15, -0.1) is 0 Å². The fraction of sp³-hybridized carbons (Fsp3) is 0. The van der Waals surface area contributed by atoms with Gasteiger partial charge in [-0.25, -0.2) is 0 Å². The second-order valence-electron chi connectivity index (χ2n) is 0.250. The molecule has 5 heteroatoms. The maximum atomic E-state index is 8.33. The predicted molar refractivity (Wildman–Crippen MR) is 16.9 cm³/mol. The van der Waals surface area contributed by atoms with Crippen LogP contribution in [0.5, 0.6) is 0 Å². The summed E-state index contributed by atoms with van der Waals surface area (Å²) in [4.78, 5) is 8.33. The zero-order valence-corrected chi connectivity index (χ0v) is 9.03. The SMILES string of the molecule is O=C([O-])[O-].[Ca+2].[Pb]. The van der Waals surface area contributed by atoms with Gasteiger partial charge >= 0.3 is 37.7 Å². The Morgan fingerprint density at radius 3 is 1.33 bits per heavy atom. The molecule has 0 aromatic carbocycles. The van der Waals surface area contributed by atoms with Gasteiger partial charge < -0.3 is 15.0 Å². The second kappa shape index (κ2) is 9.68. The van der Waals surface area contributed by atoms with Crippen LogP contribution in [0.2, 0.25) is 0 Å². The van der Waals surface area contributed by atoms with Crippen LogP contribution in [0, 0.1) is 0 Å². The van der Waals surface area contributed by atoms with Crippen LogP contribution in [0.3, 0.4) is 0 Å². The van der Waals surface area contributed by atoms with E-state index in [9.17, 15) is 0 Å².